The fourth-order valence-corrected chi connectivity index (χ4v) is 14.1. The average Bonchev–Trinajstić information content (AvgIpc) is 1.91. The topological polar surface area (TPSA) is 45.5 Å². The molecule has 0 N–H and O–H groups in total. The first-order chi connectivity index (χ1) is 43.7. The molecule has 0 aliphatic carbocycles. The molecular weight excluding hydrogens is 1070 g/mol. The lowest BCUT2D eigenvalue weighted by atomic mass is 9.91. The Balaban J connectivity index is 0.962. The molecule has 0 aliphatic heterocycles. The van der Waals surface area contributed by atoms with Gasteiger partial charge in [0.25, 0.3) is 0 Å². The van der Waals surface area contributed by atoms with Gasteiger partial charge in [-0.1, -0.05) is 218 Å². The van der Waals surface area contributed by atoms with Crippen molar-refractivity contribution in [3.8, 4) is 78.9 Å². The predicted molar refractivity (Wildman–Crippen MR) is 367 cm³/mol. The van der Waals surface area contributed by atoms with E-state index in [0.717, 1.165) is 84.1 Å². The Labute approximate surface area is 507 Å². The molecule has 0 radical (unpaired) electrons. The van der Waals surface area contributed by atoms with Crippen LogP contribution in [0.4, 0.5) is 0 Å². The monoisotopic (exact) mass is 1120 g/mol. The van der Waals surface area contributed by atoms with E-state index in [1.54, 1.807) is 0 Å². The molecular formula is C82H52N6. The maximum absolute atomic E-state index is 5.54. The van der Waals surface area contributed by atoms with E-state index in [2.05, 4.69) is 328 Å². The van der Waals surface area contributed by atoms with Gasteiger partial charge in [0.15, 0.2) is 5.82 Å². The summed E-state index contributed by atoms with van der Waals surface area (Å²) in [6, 6.07) is 115. The average molecular weight is 1120 g/mol. The summed E-state index contributed by atoms with van der Waals surface area (Å²) in [6.07, 6.45) is 0. The van der Waals surface area contributed by atoms with Crippen molar-refractivity contribution in [1.82, 2.24) is 28.2 Å². The molecule has 0 saturated carbocycles. The van der Waals surface area contributed by atoms with Gasteiger partial charge in [-0.05, 0) is 108 Å². The summed E-state index contributed by atoms with van der Waals surface area (Å²) >= 11 is 0. The first kappa shape index (κ1) is 49.6. The predicted octanol–water partition coefficient (Wildman–Crippen LogP) is 21.2. The molecule has 6 nitrogen and oxygen atoms in total. The van der Waals surface area contributed by atoms with Crippen LogP contribution in [-0.4, -0.2) is 28.2 Å². The van der Waals surface area contributed by atoms with E-state index in [4.69, 9.17) is 9.97 Å². The second-order valence-corrected chi connectivity index (χ2v) is 22.8. The number of benzene rings is 13. The lowest BCUT2D eigenvalue weighted by molar-refractivity contribution is 1.16. The Kier molecular flexibility index (Phi) is 11.2. The summed E-state index contributed by atoms with van der Waals surface area (Å²) in [6.45, 7) is 0. The summed E-state index contributed by atoms with van der Waals surface area (Å²) in [5, 5.41) is 9.70. The fraction of sp³-hybridized carbons (Fsp3) is 0. The second-order valence-electron chi connectivity index (χ2n) is 22.8. The number of para-hydroxylation sites is 7. The molecule has 18 aromatic rings. The van der Waals surface area contributed by atoms with Crippen LogP contribution >= 0.6 is 0 Å². The smallest absolute Gasteiger partial charge is 0.160 e. The molecule has 6 heteroatoms. The van der Waals surface area contributed by atoms with Crippen LogP contribution in [0.1, 0.15) is 0 Å². The van der Waals surface area contributed by atoms with E-state index < -0.39 is 0 Å². The summed E-state index contributed by atoms with van der Waals surface area (Å²) < 4.78 is 9.82. The van der Waals surface area contributed by atoms with Gasteiger partial charge >= 0.3 is 0 Å². The van der Waals surface area contributed by atoms with Crippen LogP contribution in [0.2, 0.25) is 0 Å². The maximum atomic E-state index is 5.54. The molecule has 0 unspecified atom stereocenters. The molecule has 0 aliphatic rings. The lowest BCUT2D eigenvalue weighted by Crippen LogP contribution is -2.03. The molecule has 410 valence electrons. The summed E-state index contributed by atoms with van der Waals surface area (Å²) in [7, 11) is 0. The number of aromatic nitrogens is 6. The van der Waals surface area contributed by atoms with Crippen molar-refractivity contribution in [1.29, 1.82) is 0 Å². The first-order valence-electron chi connectivity index (χ1n) is 30.1. The number of hydrogen-bond donors (Lipinski definition) is 0. The van der Waals surface area contributed by atoms with E-state index in [-0.39, 0.29) is 0 Å². The van der Waals surface area contributed by atoms with Gasteiger partial charge in [-0.25, -0.2) is 9.97 Å². The van der Waals surface area contributed by atoms with Gasteiger partial charge in [-0.2, -0.15) is 0 Å². The van der Waals surface area contributed by atoms with Gasteiger partial charge in [0.2, 0.25) is 0 Å². The Morgan fingerprint density at radius 3 is 1.06 bits per heavy atom. The molecule has 0 fully saturated rings. The minimum atomic E-state index is 0.662. The SMILES string of the molecule is c1ccc(-c2cc(-c3cc(-c4ccc(-n5c6ccccc6c6ccccc65)cc4)c(-n4c5ccccc5c5c4ccc4c6ccccc6n(-c6ccccc6)c45)c(-c4ccc(-n5c6ccccc6c6ccccc65)cc4)c3)nc(-c3ccccc3)n2)cc1. The van der Waals surface area contributed by atoms with Crippen LogP contribution in [0.5, 0.6) is 0 Å². The Bertz CT molecular complexity index is 5430. The van der Waals surface area contributed by atoms with Gasteiger partial charge in [0.1, 0.15) is 0 Å². The minimum Gasteiger partial charge on any atom is -0.309 e. The Hall–Kier alpha value is -11.9. The number of nitrogens with zero attached hydrogens (tertiary/aromatic N) is 6. The third-order valence-corrected chi connectivity index (χ3v) is 18.0. The quantitative estimate of drug-likeness (QED) is 0.145. The molecule has 0 amide bonds. The van der Waals surface area contributed by atoms with Gasteiger partial charge in [-0.3, -0.25) is 0 Å². The van der Waals surface area contributed by atoms with Crippen LogP contribution in [0.25, 0.3) is 166 Å². The zero-order valence-electron chi connectivity index (χ0n) is 47.7. The van der Waals surface area contributed by atoms with Crippen molar-refractivity contribution in [2.24, 2.45) is 0 Å². The summed E-state index contributed by atoms with van der Waals surface area (Å²) in [5.41, 5.74) is 22.4. The molecule has 0 bridgehead atoms. The van der Waals surface area contributed by atoms with Gasteiger partial charge in [-0.15, -0.1) is 0 Å². The highest BCUT2D eigenvalue weighted by Crippen LogP contribution is 2.48. The van der Waals surface area contributed by atoms with E-state index in [0.29, 0.717) is 5.82 Å². The van der Waals surface area contributed by atoms with Crippen molar-refractivity contribution < 1.29 is 0 Å². The molecule has 5 heterocycles. The first-order valence-corrected chi connectivity index (χ1v) is 30.1. The fourth-order valence-electron chi connectivity index (χ4n) is 14.1. The van der Waals surface area contributed by atoms with Gasteiger partial charge < -0.3 is 18.3 Å². The van der Waals surface area contributed by atoms with E-state index in [1.807, 2.05) is 6.07 Å². The second kappa shape index (κ2) is 19.9. The van der Waals surface area contributed by atoms with Crippen LogP contribution in [-0.2, 0) is 0 Å². The third kappa shape index (κ3) is 7.69. The highest BCUT2D eigenvalue weighted by Gasteiger charge is 2.26. The molecule has 5 aromatic heterocycles. The van der Waals surface area contributed by atoms with Crippen molar-refractivity contribution >= 4 is 87.2 Å². The molecule has 0 spiro atoms. The van der Waals surface area contributed by atoms with Crippen molar-refractivity contribution in [2.75, 3.05) is 0 Å². The van der Waals surface area contributed by atoms with E-state index in [1.165, 1.54) is 76.2 Å². The maximum Gasteiger partial charge on any atom is 0.160 e. The van der Waals surface area contributed by atoms with Crippen molar-refractivity contribution in [3.05, 3.63) is 315 Å². The van der Waals surface area contributed by atoms with E-state index in [9.17, 15) is 0 Å². The van der Waals surface area contributed by atoms with Crippen LogP contribution in [0.3, 0.4) is 0 Å². The largest absolute Gasteiger partial charge is 0.309 e. The number of fused-ring (bicyclic) bond motifs is 13. The van der Waals surface area contributed by atoms with Gasteiger partial charge in [0, 0.05) is 88.0 Å². The highest BCUT2D eigenvalue weighted by atomic mass is 15.0. The normalized spacial score (nSPS) is 11.9. The van der Waals surface area contributed by atoms with Gasteiger partial charge in [0.05, 0.1) is 61.2 Å². The van der Waals surface area contributed by atoms with Crippen molar-refractivity contribution in [2.45, 2.75) is 0 Å². The minimum absolute atomic E-state index is 0.662. The standard InChI is InChI=1S/C82H52N6/c1-4-22-55(23-5-1)70-52-71(84-82(83-70)56-24-6-2-7-25-56)57-50-68(53-40-44-59(45-41-53)85-72-34-16-10-28-61(72)62-29-11-17-35-73(62)85)80(69(51-57)54-42-46-60(47-43-54)86-74-36-18-12-30-63(74)64-31-13-19-37-75(64)86)88-77-39-21-15-33-67(77)79-78(88)49-48-66-65-32-14-20-38-76(65)87(81(66)79)58-26-8-3-9-27-58/h1-52H. The zero-order chi connectivity index (χ0) is 57.8. The number of rotatable bonds is 9. The summed E-state index contributed by atoms with van der Waals surface area (Å²) in [4.78, 5) is 10.8. The third-order valence-electron chi connectivity index (χ3n) is 18.0. The van der Waals surface area contributed by atoms with E-state index >= 15 is 0 Å². The van der Waals surface area contributed by atoms with Crippen LogP contribution in [0, 0.1) is 0 Å². The lowest BCUT2D eigenvalue weighted by Gasteiger charge is -2.22. The molecule has 0 saturated heterocycles. The zero-order valence-corrected chi connectivity index (χ0v) is 47.7. The Morgan fingerprint density at radius 2 is 0.580 bits per heavy atom. The van der Waals surface area contributed by atoms with Crippen LogP contribution < -0.4 is 0 Å². The molecule has 13 aromatic carbocycles. The highest BCUT2D eigenvalue weighted by molar-refractivity contribution is 6.26. The van der Waals surface area contributed by atoms with Crippen molar-refractivity contribution in [3.63, 3.8) is 0 Å². The Morgan fingerprint density at radius 1 is 0.216 bits per heavy atom. The summed E-state index contributed by atoms with van der Waals surface area (Å²) in [5.74, 6) is 0.662. The number of hydrogen-bond acceptors (Lipinski definition) is 2. The molecule has 88 heavy (non-hydrogen) atoms. The molecule has 0 atom stereocenters. The van der Waals surface area contributed by atoms with Crippen LogP contribution in [0.15, 0.2) is 315 Å². The molecule has 18 rings (SSSR count).